The second-order valence-corrected chi connectivity index (χ2v) is 7.39. The number of rotatable bonds is 7. The molecule has 1 saturated carbocycles. The van der Waals surface area contributed by atoms with Crippen molar-refractivity contribution in [2.75, 3.05) is 11.9 Å². The fraction of sp³-hybridized carbons (Fsp3) is 0.526. The van der Waals surface area contributed by atoms with Gasteiger partial charge in [0, 0.05) is 31.5 Å². The lowest BCUT2D eigenvalue weighted by molar-refractivity contribution is -0.157. The topological polar surface area (TPSA) is 174 Å². The van der Waals surface area contributed by atoms with Gasteiger partial charge in [-0.3, -0.25) is 9.59 Å². The Labute approximate surface area is 168 Å². The second kappa shape index (κ2) is 9.68. The fourth-order valence-electron chi connectivity index (χ4n) is 3.23. The molecule has 1 aromatic rings. The molecule has 160 valence electrons. The summed E-state index contributed by atoms with van der Waals surface area (Å²) in [5.74, 6) is -1.25. The Morgan fingerprint density at radius 1 is 1.17 bits per heavy atom. The molecule has 10 heteroatoms. The summed E-state index contributed by atoms with van der Waals surface area (Å²) < 4.78 is 0. The van der Waals surface area contributed by atoms with Crippen molar-refractivity contribution in [2.45, 2.75) is 56.5 Å². The highest BCUT2D eigenvalue weighted by molar-refractivity contribution is 5.90. The number of amides is 4. The van der Waals surface area contributed by atoms with E-state index < -0.39 is 41.7 Å². The van der Waals surface area contributed by atoms with Crippen LogP contribution in [0.2, 0.25) is 0 Å². The molecule has 1 aliphatic carbocycles. The lowest BCUT2D eigenvalue weighted by Gasteiger charge is -2.41. The number of aryl methyl sites for hydroxylation is 1. The zero-order chi connectivity index (χ0) is 21.6. The summed E-state index contributed by atoms with van der Waals surface area (Å²) in [6, 6.07) is 5.35. The van der Waals surface area contributed by atoms with Crippen molar-refractivity contribution < 1.29 is 29.7 Å². The molecule has 0 heterocycles. The number of carbonyl (C=O) groups is 3. The van der Waals surface area contributed by atoms with Gasteiger partial charge in [-0.05, 0) is 25.5 Å². The van der Waals surface area contributed by atoms with E-state index in [0.29, 0.717) is 12.1 Å². The van der Waals surface area contributed by atoms with Crippen molar-refractivity contribution in [3.8, 4) is 0 Å². The highest BCUT2D eigenvalue weighted by Gasteiger charge is 2.49. The van der Waals surface area contributed by atoms with Crippen LogP contribution in [-0.2, 0) is 9.59 Å². The predicted molar refractivity (Wildman–Crippen MR) is 105 cm³/mol. The summed E-state index contributed by atoms with van der Waals surface area (Å²) in [6.07, 6.45) is -3.02. The Bertz CT molecular complexity index is 741. The lowest BCUT2D eigenvalue weighted by atomic mass is 9.77. The Morgan fingerprint density at radius 2 is 1.83 bits per heavy atom. The maximum Gasteiger partial charge on any atom is 0.319 e. The zero-order valence-electron chi connectivity index (χ0n) is 16.2. The molecule has 29 heavy (non-hydrogen) atoms. The minimum Gasteiger partial charge on any atom is -0.390 e. The summed E-state index contributed by atoms with van der Waals surface area (Å²) in [6.45, 7) is 2.03. The quantitative estimate of drug-likeness (QED) is 0.288. The van der Waals surface area contributed by atoms with E-state index in [9.17, 15) is 29.7 Å². The largest absolute Gasteiger partial charge is 0.390 e. The average Bonchev–Trinajstić information content (AvgIpc) is 2.64. The van der Waals surface area contributed by atoms with Gasteiger partial charge >= 0.3 is 6.03 Å². The average molecular weight is 408 g/mol. The van der Waals surface area contributed by atoms with Crippen molar-refractivity contribution in [1.82, 2.24) is 10.6 Å². The van der Waals surface area contributed by atoms with Crippen LogP contribution in [0.15, 0.2) is 24.3 Å². The molecule has 4 atom stereocenters. The zero-order valence-corrected chi connectivity index (χ0v) is 16.2. The number of aliphatic hydroxyl groups excluding tert-OH is 2. The molecule has 1 fully saturated rings. The molecule has 2 rings (SSSR count). The molecule has 8 N–H and O–H groups in total. The summed E-state index contributed by atoms with van der Waals surface area (Å²) in [7, 11) is 0. The fourth-order valence-corrected chi connectivity index (χ4v) is 3.23. The Morgan fingerprint density at radius 3 is 2.45 bits per heavy atom. The first-order chi connectivity index (χ1) is 13.6. The van der Waals surface area contributed by atoms with Crippen molar-refractivity contribution in [3.05, 3.63) is 29.8 Å². The van der Waals surface area contributed by atoms with E-state index in [1.807, 2.05) is 19.1 Å². The van der Waals surface area contributed by atoms with Crippen LogP contribution in [0.4, 0.5) is 10.5 Å². The number of anilines is 1. The van der Waals surface area contributed by atoms with Gasteiger partial charge in [-0.25, -0.2) is 4.79 Å². The molecule has 0 spiro atoms. The molecule has 1 aliphatic rings. The number of carbonyl (C=O) groups excluding carboxylic acids is 3. The van der Waals surface area contributed by atoms with Crippen LogP contribution in [0.5, 0.6) is 0 Å². The Kier molecular flexibility index (Phi) is 7.54. The molecule has 10 nitrogen and oxygen atoms in total. The first-order valence-corrected chi connectivity index (χ1v) is 9.40. The number of nitrogens with one attached hydrogen (secondary N) is 3. The molecule has 0 aromatic heterocycles. The van der Waals surface area contributed by atoms with Gasteiger partial charge < -0.3 is 37.0 Å². The summed E-state index contributed by atoms with van der Waals surface area (Å²) in [5.41, 5.74) is 4.60. The van der Waals surface area contributed by atoms with Crippen LogP contribution in [0.3, 0.4) is 0 Å². The summed E-state index contributed by atoms with van der Waals surface area (Å²) in [5, 5.41) is 38.5. The molecule has 0 radical (unpaired) electrons. The van der Waals surface area contributed by atoms with E-state index in [2.05, 4.69) is 16.0 Å². The molecule has 4 unspecified atom stereocenters. The maximum atomic E-state index is 12.4. The molecular formula is C19H28N4O6. The third kappa shape index (κ3) is 6.41. The second-order valence-electron chi connectivity index (χ2n) is 7.39. The summed E-state index contributed by atoms with van der Waals surface area (Å²) in [4.78, 5) is 35.3. The third-order valence-corrected chi connectivity index (χ3v) is 4.84. The maximum absolute atomic E-state index is 12.4. The van der Waals surface area contributed by atoms with Gasteiger partial charge in [-0.15, -0.1) is 0 Å². The van der Waals surface area contributed by atoms with Gasteiger partial charge in [0.1, 0.15) is 11.7 Å². The van der Waals surface area contributed by atoms with Gasteiger partial charge in [-0.1, -0.05) is 17.7 Å². The van der Waals surface area contributed by atoms with Crippen molar-refractivity contribution >= 4 is 23.5 Å². The first kappa shape index (κ1) is 22.6. The van der Waals surface area contributed by atoms with Crippen LogP contribution in [0, 0.1) is 6.92 Å². The lowest BCUT2D eigenvalue weighted by Crippen LogP contribution is -2.63. The van der Waals surface area contributed by atoms with E-state index in [-0.39, 0.29) is 25.8 Å². The van der Waals surface area contributed by atoms with Crippen LogP contribution in [0.25, 0.3) is 0 Å². The highest BCUT2D eigenvalue weighted by atomic mass is 16.3. The van der Waals surface area contributed by atoms with E-state index in [1.165, 1.54) is 0 Å². The van der Waals surface area contributed by atoms with Gasteiger partial charge in [0.05, 0.1) is 12.1 Å². The SMILES string of the molecule is Cc1ccc(NC(=O)NC2CC(O)(C(=O)NCCCC(N)=O)CC(O)C2O)cc1. The molecule has 0 saturated heterocycles. The smallest absolute Gasteiger partial charge is 0.319 e. The number of urea groups is 1. The number of hydrogen-bond donors (Lipinski definition) is 7. The molecule has 4 amide bonds. The Balaban J connectivity index is 1.96. The molecule has 0 bridgehead atoms. The number of aliphatic hydroxyl groups is 3. The summed E-state index contributed by atoms with van der Waals surface area (Å²) >= 11 is 0. The van der Waals surface area contributed by atoms with E-state index in [0.717, 1.165) is 5.56 Å². The van der Waals surface area contributed by atoms with Gasteiger partial charge in [-0.2, -0.15) is 0 Å². The van der Waals surface area contributed by atoms with Gasteiger partial charge in [0.2, 0.25) is 5.91 Å². The van der Waals surface area contributed by atoms with Crippen molar-refractivity contribution in [1.29, 1.82) is 0 Å². The number of primary amides is 1. The number of nitrogens with two attached hydrogens (primary N) is 1. The number of hydrogen-bond acceptors (Lipinski definition) is 6. The van der Waals surface area contributed by atoms with E-state index >= 15 is 0 Å². The van der Waals surface area contributed by atoms with Crippen molar-refractivity contribution in [3.63, 3.8) is 0 Å². The van der Waals surface area contributed by atoms with Gasteiger partial charge in [0.15, 0.2) is 0 Å². The minimum atomic E-state index is -1.98. The van der Waals surface area contributed by atoms with E-state index in [1.54, 1.807) is 12.1 Å². The molecular weight excluding hydrogens is 380 g/mol. The van der Waals surface area contributed by atoms with Crippen LogP contribution < -0.4 is 21.7 Å². The highest BCUT2D eigenvalue weighted by Crippen LogP contribution is 2.29. The Hall–Kier alpha value is -2.69. The molecule has 1 aromatic carbocycles. The van der Waals surface area contributed by atoms with Crippen LogP contribution >= 0.6 is 0 Å². The minimum absolute atomic E-state index is 0.0867. The first-order valence-electron chi connectivity index (χ1n) is 9.40. The number of benzene rings is 1. The third-order valence-electron chi connectivity index (χ3n) is 4.84. The van der Waals surface area contributed by atoms with Crippen LogP contribution in [0.1, 0.15) is 31.2 Å². The van der Waals surface area contributed by atoms with Crippen molar-refractivity contribution in [2.24, 2.45) is 5.73 Å². The normalized spacial score (nSPS) is 26.4. The van der Waals surface area contributed by atoms with Crippen LogP contribution in [-0.4, -0.2) is 63.6 Å². The standard InChI is InChI=1S/C19H28N4O6/c1-11-4-6-12(7-5-11)22-18(28)23-13-9-19(29,10-14(24)16(13)26)17(27)21-8-2-3-15(20)25/h4-7,13-14,16,24,26,29H,2-3,8-10H2,1H3,(H2,20,25)(H,21,27)(H2,22,23,28). The molecule has 0 aliphatic heterocycles. The monoisotopic (exact) mass is 408 g/mol. The van der Waals surface area contributed by atoms with Gasteiger partial charge in [0.25, 0.3) is 5.91 Å². The predicted octanol–water partition coefficient (Wildman–Crippen LogP) is -0.886. The van der Waals surface area contributed by atoms with E-state index in [4.69, 9.17) is 5.73 Å².